The number of ether oxygens (including phenoxy) is 1. The molecule has 2 N–H and O–H groups in total. The highest BCUT2D eigenvalue weighted by Crippen LogP contribution is 2.35. The molecule has 0 amide bonds. The van der Waals surface area contributed by atoms with Crippen LogP contribution in [0.1, 0.15) is 21.5 Å². The van der Waals surface area contributed by atoms with Crippen molar-refractivity contribution >= 4 is 23.0 Å². The van der Waals surface area contributed by atoms with Gasteiger partial charge in [-0.2, -0.15) is 0 Å². The van der Waals surface area contributed by atoms with E-state index in [2.05, 4.69) is 14.9 Å². The summed E-state index contributed by atoms with van der Waals surface area (Å²) in [6, 6.07) is 9.11. The summed E-state index contributed by atoms with van der Waals surface area (Å²) in [5.41, 5.74) is 3.68. The molecule has 0 fully saturated rings. The number of benzene rings is 2. The molecule has 2 aromatic carbocycles. The van der Waals surface area contributed by atoms with Crippen LogP contribution in [0.5, 0.6) is 11.5 Å². The normalized spacial score (nSPS) is 12.9. The molecule has 0 spiro atoms. The zero-order valence-corrected chi connectivity index (χ0v) is 13.5. The Labute approximate surface area is 138 Å². The smallest absolute Gasteiger partial charge is 0.335 e. The van der Waals surface area contributed by atoms with Gasteiger partial charge in [0.1, 0.15) is 11.3 Å². The van der Waals surface area contributed by atoms with Crippen LogP contribution in [0, 0.1) is 13.8 Å². The predicted molar refractivity (Wildman–Crippen MR) is 91.2 cm³/mol. The summed E-state index contributed by atoms with van der Waals surface area (Å²) in [4.78, 5) is 15.8. The molecule has 122 valence electrons. The maximum absolute atomic E-state index is 11.2. The first-order valence-corrected chi connectivity index (χ1v) is 7.80. The van der Waals surface area contributed by atoms with Crippen molar-refractivity contribution in [3.05, 3.63) is 47.0 Å². The molecule has 6 heteroatoms. The molecule has 0 saturated carbocycles. The number of nitrogens with zero attached hydrogens (tertiary/aromatic N) is 2. The van der Waals surface area contributed by atoms with Gasteiger partial charge in [-0.1, -0.05) is 6.07 Å². The zero-order chi connectivity index (χ0) is 16.8. The maximum Gasteiger partial charge on any atom is 0.335 e. The summed E-state index contributed by atoms with van der Waals surface area (Å²) in [5.74, 6) is 1.27. The first-order valence-electron chi connectivity index (χ1n) is 7.80. The minimum absolute atomic E-state index is 0.265. The highest BCUT2D eigenvalue weighted by atomic mass is 16.5. The van der Waals surface area contributed by atoms with Crippen molar-refractivity contribution in [2.75, 3.05) is 11.9 Å². The second kappa shape index (κ2) is 5.26. The van der Waals surface area contributed by atoms with Crippen LogP contribution in [0.4, 0.5) is 5.95 Å². The summed E-state index contributed by atoms with van der Waals surface area (Å²) < 4.78 is 8.26. The van der Waals surface area contributed by atoms with Crippen LogP contribution in [0.3, 0.4) is 0 Å². The standard InChI is InChI=1S/C18H17N3O3/c1-10-8-12(17(22)23)9-11(2)16(10)24-14-5-3-4-13-15(14)20-18-19-6-7-21(13)18/h3-5,8-9H,6-7H2,1-2H3,(H,19,20)(H,22,23). The average Bonchev–Trinajstić information content (AvgIpc) is 3.12. The Morgan fingerprint density at radius 1 is 1.29 bits per heavy atom. The lowest BCUT2D eigenvalue weighted by Crippen LogP contribution is -2.00. The van der Waals surface area contributed by atoms with E-state index >= 15 is 0 Å². The number of para-hydroxylation sites is 1. The number of imidazole rings is 1. The van der Waals surface area contributed by atoms with Gasteiger partial charge >= 0.3 is 5.97 Å². The highest BCUT2D eigenvalue weighted by molar-refractivity contribution is 5.89. The van der Waals surface area contributed by atoms with Gasteiger partial charge in [0.25, 0.3) is 0 Å². The number of anilines is 1. The van der Waals surface area contributed by atoms with E-state index in [4.69, 9.17) is 9.84 Å². The van der Waals surface area contributed by atoms with Gasteiger partial charge < -0.3 is 19.7 Å². The van der Waals surface area contributed by atoms with E-state index < -0.39 is 5.97 Å². The van der Waals surface area contributed by atoms with Crippen LogP contribution in [0.2, 0.25) is 0 Å². The summed E-state index contributed by atoms with van der Waals surface area (Å²) in [5, 5.41) is 12.4. The Morgan fingerprint density at radius 2 is 2.04 bits per heavy atom. The van der Waals surface area contributed by atoms with Crippen molar-refractivity contribution in [2.24, 2.45) is 0 Å². The largest absolute Gasteiger partial charge is 0.478 e. The van der Waals surface area contributed by atoms with E-state index in [0.29, 0.717) is 11.5 Å². The molecular weight excluding hydrogens is 306 g/mol. The molecule has 24 heavy (non-hydrogen) atoms. The number of fused-ring (bicyclic) bond motifs is 3. The average molecular weight is 323 g/mol. The third kappa shape index (κ3) is 2.19. The highest BCUT2D eigenvalue weighted by Gasteiger charge is 2.19. The number of hydrogen-bond donors (Lipinski definition) is 2. The molecule has 1 aliphatic heterocycles. The summed E-state index contributed by atoms with van der Waals surface area (Å²) >= 11 is 0. The maximum atomic E-state index is 11.2. The number of aromatic carboxylic acids is 1. The molecule has 0 saturated heterocycles. The minimum Gasteiger partial charge on any atom is -0.478 e. The topological polar surface area (TPSA) is 76.4 Å². The molecule has 3 aromatic rings. The number of carboxylic acid groups (broad SMARTS) is 1. The van der Waals surface area contributed by atoms with Crippen LogP contribution < -0.4 is 10.1 Å². The summed E-state index contributed by atoms with van der Waals surface area (Å²) in [7, 11) is 0. The number of carbonyl (C=O) groups is 1. The lowest BCUT2D eigenvalue weighted by Gasteiger charge is -2.13. The lowest BCUT2D eigenvalue weighted by molar-refractivity contribution is 0.0696. The SMILES string of the molecule is Cc1cc(C(=O)O)cc(C)c1Oc1cccc2c1nc1n2CCN1. The van der Waals surface area contributed by atoms with Crippen LogP contribution in [-0.2, 0) is 6.54 Å². The van der Waals surface area contributed by atoms with Gasteiger partial charge in [-0.05, 0) is 49.2 Å². The number of hydrogen-bond acceptors (Lipinski definition) is 4. The zero-order valence-electron chi connectivity index (χ0n) is 13.5. The van der Waals surface area contributed by atoms with E-state index in [1.54, 1.807) is 12.1 Å². The van der Waals surface area contributed by atoms with Crippen molar-refractivity contribution in [3.8, 4) is 11.5 Å². The van der Waals surface area contributed by atoms with Crippen molar-refractivity contribution in [2.45, 2.75) is 20.4 Å². The van der Waals surface area contributed by atoms with Crippen LogP contribution in [0.15, 0.2) is 30.3 Å². The number of carboxylic acids is 1. The second-order valence-corrected chi connectivity index (χ2v) is 5.98. The summed E-state index contributed by atoms with van der Waals surface area (Å²) in [6.07, 6.45) is 0. The fraction of sp³-hybridized carbons (Fsp3) is 0.222. The van der Waals surface area contributed by atoms with E-state index in [9.17, 15) is 4.79 Å². The molecule has 0 atom stereocenters. The van der Waals surface area contributed by atoms with Crippen LogP contribution in [0.25, 0.3) is 11.0 Å². The number of aromatic nitrogens is 2. The van der Waals surface area contributed by atoms with E-state index in [-0.39, 0.29) is 5.56 Å². The second-order valence-electron chi connectivity index (χ2n) is 5.98. The molecule has 0 bridgehead atoms. The van der Waals surface area contributed by atoms with Gasteiger partial charge in [0.2, 0.25) is 5.95 Å². The quantitative estimate of drug-likeness (QED) is 0.770. The molecule has 0 radical (unpaired) electrons. The predicted octanol–water partition coefficient (Wildman–Crippen LogP) is 3.57. The Kier molecular flexibility index (Phi) is 3.19. The fourth-order valence-electron chi connectivity index (χ4n) is 3.19. The van der Waals surface area contributed by atoms with Crippen molar-refractivity contribution in [1.82, 2.24) is 9.55 Å². The van der Waals surface area contributed by atoms with Crippen molar-refractivity contribution in [1.29, 1.82) is 0 Å². The van der Waals surface area contributed by atoms with Gasteiger partial charge in [-0.25, -0.2) is 9.78 Å². The number of nitrogens with one attached hydrogen (secondary N) is 1. The molecule has 4 rings (SSSR count). The van der Waals surface area contributed by atoms with E-state index in [1.165, 1.54) is 0 Å². The Morgan fingerprint density at radius 3 is 2.75 bits per heavy atom. The fourth-order valence-corrected chi connectivity index (χ4v) is 3.19. The Balaban J connectivity index is 1.79. The molecule has 1 aromatic heterocycles. The van der Waals surface area contributed by atoms with Gasteiger partial charge in [0, 0.05) is 13.1 Å². The van der Waals surface area contributed by atoms with E-state index in [1.807, 2.05) is 32.0 Å². The Bertz CT molecular complexity index is 952. The van der Waals surface area contributed by atoms with Gasteiger partial charge in [0.15, 0.2) is 5.75 Å². The lowest BCUT2D eigenvalue weighted by atomic mass is 10.1. The first kappa shape index (κ1) is 14.6. The molecule has 6 nitrogen and oxygen atoms in total. The van der Waals surface area contributed by atoms with E-state index in [0.717, 1.165) is 41.2 Å². The molecule has 0 aliphatic carbocycles. The minimum atomic E-state index is -0.938. The third-order valence-electron chi connectivity index (χ3n) is 4.28. The third-order valence-corrected chi connectivity index (χ3v) is 4.28. The number of rotatable bonds is 3. The molecule has 2 heterocycles. The van der Waals surface area contributed by atoms with Gasteiger partial charge in [0.05, 0.1) is 11.1 Å². The van der Waals surface area contributed by atoms with Crippen LogP contribution >= 0.6 is 0 Å². The van der Waals surface area contributed by atoms with Crippen LogP contribution in [-0.4, -0.2) is 27.2 Å². The first-order chi connectivity index (χ1) is 11.5. The Hall–Kier alpha value is -3.02. The van der Waals surface area contributed by atoms with Gasteiger partial charge in [-0.15, -0.1) is 0 Å². The van der Waals surface area contributed by atoms with Crippen molar-refractivity contribution in [3.63, 3.8) is 0 Å². The van der Waals surface area contributed by atoms with Crippen molar-refractivity contribution < 1.29 is 14.6 Å². The summed E-state index contributed by atoms with van der Waals surface area (Å²) in [6.45, 7) is 5.48. The van der Waals surface area contributed by atoms with Gasteiger partial charge in [-0.3, -0.25) is 0 Å². The molecule has 1 aliphatic rings. The number of aryl methyl sites for hydroxylation is 2. The monoisotopic (exact) mass is 323 g/mol. The molecule has 0 unspecified atom stereocenters. The molecular formula is C18H17N3O3.